The largest absolute Gasteiger partial charge is 0.454 e. The SMILES string of the molecule is CC(C)(C)c1cc(NC(=O)CN(Cc2ccc3c(c2)OCO3)C2CCCC2)on1. The number of carbonyl (C=O) groups is 1. The number of aromatic nitrogens is 1. The van der Waals surface area contributed by atoms with Crippen molar-refractivity contribution in [2.24, 2.45) is 0 Å². The van der Waals surface area contributed by atoms with Gasteiger partial charge in [-0.15, -0.1) is 0 Å². The molecule has 1 amide bonds. The standard InChI is InChI=1S/C22H29N3O4/c1-22(2,3)19-11-21(29-24-19)23-20(26)13-25(16-6-4-5-7-16)12-15-8-9-17-18(10-15)28-14-27-17/h8-11,16H,4-7,12-14H2,1-3H3,(H,23,26). The van der Waals surface area contributed by atoms with Crippen LogP contribution in [0.25, 0.3) is 0 Å². The molecule has 1 saturated carbocycles. The van der Waals surface area contributed by atoms with E-state index in [1.165, 1.54) is 12.8 Å². The van der Waals surface area contributed by atoms with Gasteiger partial charge in [-0.05, 0) is 30.5 Å². The zero-order valence-electron chi connectivity index (χ0n) is 17.4. The van der Waals surface area contributed by atoms with Gasteiger partial charge in [-0.25, -0.2) is 0 Å². The molecule has 0 atom stereocenters. The summed E-state index contributed by atoms with van der Waals surface area (Å²) in [4.78, 5) is 15.0. The molecule has 2 heterocycles. The molecule has 0 spiro atoms. The number of fused-ring (bicyclic) bond motifs is 1. The van der Waals surface area contributed by atoms with E-state index >= 15 is 0 Å². The molecule has 0 unspecified atom stereocenters. The van der Waals surface area contributed by atoms with Gasteiger partial charge < -0.3 is 14.0 Å². The molecule has 2 aliphatic rings. The second-order valence-electron chi connectivity index (χ2n) is 8.91. The Kier molecular flexibility index (Phi) is 5.50. The molecule has 1 aliphatic heterocycles. The third-order valence-corrected chi connectivity index (χ3v) is 5.55. The Balaban J connectivity index is 1.43. The summed E-state index contributed by atoms with van der Waals surface area (Å²) in [6, 6.07) is 8.20. The molecule has 1 N–H and O–H groups in total. The van der Waals surface area contributed by atoms with Crippen LogP contribution in [-0.2, 0) is 16.8 Å². The monoisotopic (exact) mass is 399 g/mol. The molecule has 1 aromatic carbocycles. The Labute approximate surface area is 171 Å². The molecule has 1 aliphatic carbocycles. The average Bonchev–Trinajstić information content (AvgIpc) is 3.41. The van der Waals surface area contributed by atoms with Crippen molar-refractivity contribution < 1.29 is 18.8 Å². The maximum absolute atomic E-state index is 12.7. The molecule has 1 aromatic heterocycles. The Morgan fingerprint density at radius 1 is 1.17 bits per heavy atom. The topological polar surface area (TPSA) is 76.8 Å². The Morgan fingerprint density at radius 2 is 1.93 bits per heavy atom. The van der Waals surface area contributed by atoms with Crippen molar-refractivity contribution in [1.29, 1.82) is 0 Å². The lowest BCUT2D eigenvalue weighted by Crippen LogP contribution is -2.39. The predicted molar refractivity (Wildman–Crippen MR) is 109 cm³/mol. The van der Waals surface area contributed by atoms with Crippen LogP contribution >= 0.6 is 0 Å². The second kappa shape index (κ2) is 8.06. The number of anilines is 1. The van der Waals surface area contributed by atoms with Gasteiger partial charge in [0.2, 0.25) is 18.6 Å². The van der Waals surface area contributed by atoms with Crippen LogP contribution in [0.5, 0.6) is 11.5 Å². The highest BCUT2D eigenvalue weighted by molar-refractivity contribution is 5.91. The number of amides is 1. The van der Waals surface area contributed by atoms with E-state index in [2.05, 4.69) is 36.1 Å². The van der Waals surface area contributed by atoms with Crippen molar-refractivity contribution in [2.45, 2.75) is 64.5 Å². The second-order valence-corrected chi connectivity index (χ2v) is 8.91. The van der Waals surface area contributed by atoms with E-state index in [1.807, 2.05) is 18.2 Å². The van der Waals surface area contributed by atoms with Crippen molar-refractivity contribution in [2.75, 3.05) is 18.7 Å². The van der Waals surface area contributed by atoms with Crippen molar-refractivity contribution >= 4 is 11.8 Å². The summed E-state index contributed by atoms with van der Waals surface area (Å²) in [5, 5.41) is 6.93. The maximum atomic E-state index is 12.7. The van der Waals surface area contributed by atoms with Crippen LogP contribution in [0.3, 0.4) is 0 Å². The van der Waals surface area contributed by atoms with Gasteiger partial charge in [0.1, 0.15) is 0 Å². The highest BCUT2D eigenvalue weighted by Crippen LogP contribution is 2.33. The fourth-order valence-corrected chi connectivity index (χ4v) is 3.91. The first-order chi connectivity index (χ1) is 13.9. The van der Waals surface area contributed by atoms with E-state index in [0.717, 1.165) is 35.6 Å². The van der Waals surface area contributed by atoms with Crippen LogP contribution in [-0.4, -0.2) is 35.3 Å². The first-order valence-corrected chi connectivity index (χ1v) is 10.3. The summed E-state index contributed by atoms with van der Waals surface area (Å²) in [5.74, 6) is 1.86. The minimum atomic E-state index is -0.123. The minimum absolute atomic E-state index is 0.0887. The summed E-state index contributed by atoms with van der Waals surface area (Å²) >= 11 is 0. The van der Waals surface area contributed by atoms with E-state index in [-0.39, 0.29) is 18.1 Å². The molecular formula is C22H29N3O4. The molecule has 156 valence electrons. The number of carbonyl (C=O) groups excluding carboxylic acids is 1. The smallest absolute Gasteiger partial charge is 0.240 e. The van der Waals surface area contributed by atoms with Gasteiger partial charge in [0.25, 0.3) is 0 Å². The summed E-state index contributed by atoms with van der Waals surface area (Å²) in [7, 11) is 0. The third-order valence-electron chi connectivity index (χ3n) is 5.55. The zero-order valence-corrected chi connectivity index (χ0v) is 17.4. The number of rotatable bonds is 6. The van der Waals surface area contributed by atoms with Gasteiger partial charge in [0, 0.05) is 24.1 Å². The van der Waals surface area contributed by atoms with Gasteiger partial charge in [0.15, 0.2) is 11.5 Å². The molecule has 7 heteroatoms. The van der Waals surface area contributed by atoms with Crippen molar-refractivity contribution in [3.8, 4) is 11.5 Å². The number of benzene rings is 1. The van der Waals surface area contributed by atoms with Gasteiger partial charge >= 0.3 is 0 Å². The fourth-order valence-electron chi connectivity index (χ4n) is 3.91. The minimum Gasteiger partial charge on any atom is -0.454 e. The molecule has 0 bridgehead atoms. The first kappa shape index (κ1) is 19.8. The van der Waals surface area contributed by atoms with Crippen molar-refractivity contribution in [3.05, 3.63) is 35.5 Å². The van der Waals surface area contributed by atoms with Crippen molar-refractivity contribution in [3.63, 3.8) is 0 Å². The normalized spacial score (nSPS) is 16.6. The fraction of sp³-hybridized carbons (Fsp3) is 0.545. The average molecular weight is 399 g/mol. The summed E-state index contributed by atoms with van der Waals surface area (Å²) in [6.45, 7) is 7.45. The highest BCUT2D eigenvalue weighted by atomic mass is 16.7. The Bertz CT molecular complexity index is 865. The molecule has 4 rings (SSSR count). The predicted octanol–water partition coefficient (Wildman–Crippen LogP) is 4.08. The zero-order chi connectivity index (χ0) is 20.4. The molecule has 7 nitrogen and oxygen atoms in total. The van der Waals surface area contributed by atoms with E-state index in [0.29, 0.717) is 25.0 Å². The Hall–Kier alpha value is -2.54. The number of hydrogen-bond donors (Lipinski definition) is 1. The Morgan fingerprint density at radius 3 is 2.66 bits per heavy atom. The number of nitrogens with zero attached hydrogens (tertiary/aromatic N) is 2. The summed E-state index contributed by atoms with van der Waals surface area (Å²) in [5.41, 5.74) is 1.81. The van der Waals surface area contributed by atoms with Gasteiger partial charge in [-0.1, -0.05) is 44.8 Å². The third kappa shape index (κ3) is 4.72. The lowest BCUT2D eigenvalue weighted by atomic mass is 9.92. The quantitative estimate of drug-likeness (QED) is 0.789. The van der Waals surface area contributed by atoms with Gasteiger partial charge in [-0.2, -0.15) is 0 Å². The van der Waals surface area contributed by atoms with Gasteiger partial charge in [0.05, 0.1) is 12.2 Å². The number of nitrogens with one attached hydrogen (secondary N) is 1. The number of hydrogen-bond acceptors (Lipinski definition) is 6. The van der Waals surface area contributed by atoms with Crippen molar-refractivity contribution in [1.82, 2.24) is 10.1 Å². The van der Waals surface area contributed by atoms with E-state index in [9.17, 15) is 4.79 Å². The van der Waals surface area contributed by atoms with Gasteiger partial charge in [-0.3, -0.25) is 15.0 Å². The maximum Gasteiger partial charge on any atom is 0.240 e. The van der Waals surface area contributed by atoms with E-state index < -0.39 is 0 Å². The lowest BCUT2D eigenvalue weighted by molar-refractivity contribution is -0.118. The van der Waals surface area contributed by atoms with Crippen LogP contribution in [0, 0.1) is 0 Å². The number of ether oxygens (including phenoxy) is 2. The highest BCUT2D eigenvalue weighted by Gasteiger charge is 2.26. The molecule has 1 fully saturated rings. The van der Waals surface area contributed by atoms with E-state index in [1.54, 1.807) is 6.07 Å². The molecule has 29 heavy (non-hydrogen) atoms. The molecule has 0 saturated heterocycles. The molecule has 0 radical (unpaired) electrons. The molecular weight excluding hydrogens is 370 g/mol. The van der Waals surface area contributed by atoms with E-state index in [4.69, 9.17) is 14.0 Å². The van der Waals surface area contributed by atoms with Crippen LogP contribution in [0.1, 0.15) is 57.7 Å². The lowest BCUT2D eigenvalue weighted by Gasteiger charge is -2.28. The summed E-state index contributed by atoms with van der Waals surface area (Å²) < 4.78 is 16.2. The van der Waals surface area contributed by atoms with Crippen LogP contribution in [0.15, 0.2) is 28.8 Å². The first-order valence-electron chi connectivity index (χ1n) is 10.3. The molecule has 2 aromatic rings. The summed E-state index contributed by atoms with van der Waals surface area (Å²) in [6.07, 6.45) is 4.66. The van der Waals surface area contributed by atoms with Crippen LogP contribution in [0.4, 0.5) is 5.88 Å². The van der Waals surface area contributed by atoms with Crippen LogP contribution in [0.2, 0.25) is 0 Å². The van der Waals surface area contributed by atoms with Crippen LogP contribution < -0.4 is 14.8 Å².